The first-order valence-electron chi connectivity index (χ1n) is 6.15. The van der Waals surface area contributed by atoms with Gasteiger partial charge in [0.1, 0.15) is 11.5 Å². The lowest BCUT2D eigenvalue weighted by Crippen LogP contribution is -2.28. The Kier molecular flexibility index (Phi) is 4.44. The van der Waals surface area contributed by atoms with E-state index in [4.69, 9.17) is 4.74 Å². The number of methoxy groups -OCH3 is 1. The summed E-state index contributed by atoms with van der Waals surface area (Å²) in [7, 11) is 1.54. The van der Waals surface area contributed by atoms with Gasteiger partial charge in [-0.1, -0.05) is 30.3 Å². The highest BCUT2D eigenvalue weighted by atomic mass is 16.5. The molecule has 5 heteroatoms. The number of phenols is 1. The van der Waals surface area contributed by atoms with Gasteiger partial charge in [-0.05, 0) is 18.2 Å². The molecule has 2 amide bonds. The molecule has 104 valence electrons. The van der Waals surface area contributed by atoms with Gasteiger partial charge >= 0.3 is 6.03 Å². The first kappa shape index (κ1) is 13.7. The average molecular weight is 272 g/mol. The molecule has 0 saturated carbocycles. The quantitative estimate of drug-likeness (QED) is 0.801. The Morgan fingerprint density at radius 3 is 2.60 bits per heavy atom. The van der Waals surface area contributed by atoms with Gasteiger partial charge in [0.05, 0.1) is 12.8 Å². The monoisotopic (exact) mass is 272 g/mol. The molecule has 0 unspecified atom stereocenters. The molecular weight excluding hydrogens is 256 g/mol. The smallest absolute Gasteiger partial charge is 0.319 e. The van der Waals surface area contributed by atoms with E-state index in [1.165, 1.54) is 0 Å². The second kappa shape index (κ2) is 6.47. The van der Waals surface area contributed by atoms with Crippen LogP contribution in [0.15, 0.2) is 48.5 Å². The molecule has 20 heavy (non-hydrogen) atoms. The first-order chi connectivity index (χ1) is 9.70. The highest BCUT2D eigenvalue weighted by Gasteiger charge is 2.07. The highest BCUT2D eigenvalue weighted by Crippen LogP contribution is 2.22. The van der Waals surface area contributed by atoms with Gasteiger partial charge in [-0.2, -0.15) is 0 Å². The zero-order chi connectivity index (χ0) is 14.4. The van der Waals surface area contributed by atoms with Crippen LogP contribution >= 0.6 is 0 Å². The van der Waals surface area contributed by atoms with Crippen molar-refractivity contribution in [2.45, 2.75) is 6.54 Å². The minimum absolute atomic E-state index is 0.157. The van der Waals surface area contributed by atoms with Gasteiger partial charge < -0.3 is 20.5 Å². The van der Waals surface area contributed by atoms with E-state index in [0.717, 1.165) is 0 Å². The molecule has 2 aromatic carbocycles. The number of nitrogens with one attached hydrogen (secondary N) is 2. The molecule has 0 saturated heterocycles. The number of anilines is 1. The second-order valence-corrected chi connectivity index (χ2v) is 4.14. The molecule has 0 fully saturated rings. The maximum absolute atomic E-state index is 11.8. The third kappa shape index (κ3) is 3.41. The summed E-state index contributed by atoms with van der Waals surface area (Å²) < 4.78 is 5.15. The number of rotatable bonds is 4. The van der Waals surface area contributed by atoms with E-state index < -0.39 is 0 Å². The molecule has 0 aliphatic heterocycles. The van der Waals surface area contributed by atoms with E-state index in [1.807, 2.05) is 6.07 Å². The Bertz CT molecular complexity index is 599. The second-order valence-electron chi connectivity index (χ2n) is 4.14. The van der Waals surface area contributed by atoms with Crippen LogP contribution in [0, 0.1) is 0 Å². The zero-order valence-electron chi connectivity index (χ0n) is 11.1. The number of carbonyl (C=O) groups is 1. The van der Waals surface area contributed by atoms with Crippen molar-refractivity contribution in [1.82, 2.24) is 5.32 Å². The molecule has 0 atom stereocenters. The van der Waals surface area contributed by atoms with Gasteiger partial charge in [-0.3, -0.25) is 0 Å². The van der Waals surface area contributed by atoms with Crippen LogP contribution in [0.3, 0.4) is 0 Å². The molecule has 0 aliphatic rings. The predicted molar refractivity (Wildman–Crippen MR) is 77.0 cm³/mol. The number of ether oxygens (including phenoxy) is 1. The molecule has 3 N–H and O–H groups in total. The predicted octanol–water partition coefficient (Wildman–Crippen LogP) is 2.72. The Balaban J connectivity index is 1.95. The normalized spacial score (nSPS) is 9.85. The number of benzene rings is 2. The summed E-state index contributed by atoms with van der Waals surface area (Å²) in [5.74, 6) is 0.746. The van der Waals surface area contributed by atoms with Crippen molar-refractivity contribution >= 4 is 11.7 Å². The maximum atomic E-state index is 11.8. The van der Waals surface area contributed by atoms with E-state index in [-0.39, 0.29) is 18.3 Å². The lowest BCUT2D eigenvalue weighted by Gasteiger charge is -2.11. The zero-order valence-corrected chi connectivity index (χ0v) is 11.1. The van der Waals surface area contributed by atoms with Gasteiger partial charge in [0, 0.05) is 12.1 Å². The Hall–Kier alpha value is -2.69. The summed E-state index contributed by atoms with van der Waals surface area (Å²) in [5.41, 5.74) is 1.24. The van der Waals surface area contributed by atoms with Crippen molar-refractivity contribution in [2.75, 3.05) is 12.4 Å². The van der Waals surface area contributed by atoms with Gasteiger partial charge in [0.15, 0.2) is 0 Å². The fraction of sp³-hybridized carbons (Fsp3) is 0.133. The summed E-state index contributed by atoms with van der Waals surface area (Å²) in [6.07, 6.45) is 0. The molecule has 0 heterocycles. The van der Waals surface area contributed by atoms with Crippen molar-refractivity contribution in [3.63, 3.8) is 0 Å². The topological polar surface area (TPSA) is 70.6 Å². The van der Waals surface area contributed by atoms with Gasteiger partial charge in [-0.15, -0.1) is 0 Å². The molecular formula is C15H16N2O3. The number of amides is 2. The van der Waals surface area contributed by atoms with Gasteiger partial charge in [-0.25, -0.2) is 4.79 Å². The van der Waals surface area contributed by atoms with Crippen LogP contribution < -0.4 is 15.4 Å². The summed E-state index contributed by atoms with van der Waals surface area (Å²) in [5, 5.41) is 15.0. The van der Waals surface area contributed by atoms with E-state index in [2.05, 4.69) is 10.6 Å². The summed E-state index contributed by atoms with van der Waals surface area (Å²) in [6, 6.07) is 13.6. The van der Waals surface area contributed by atoms with Crippen LogP contribution in [0.4, 0.5) is 10.5 Å². The molecule has 0 aromatic heterocycles. The van der Waals surface area contributed by atoms with Crippen LogP contribution in [0.25, 0.3) is 0 Å². The highest BCUT2D eigenvalue weighted by molar-refractivity contribution is 5.90. The van der Waals surface area contributed by atoms with Crippen LogP contribution in [-0.2, 0) is 6.54 Å². The van der Waals surface area contributed by atoms with Crippen LogP contribution in [0.2, 0.25) is 0 Å². The maximum Gasteiger partial charge on any atom is 0.319 e. The molecule has 5 nitrogen and oxygen atoms in total. The standard InChI is InChI=1S/C15H16N2O3/c1-20-14-9-5-3-7-12(14)17-15(19)16-10-11-6-2-4-8-13(11)18/h2-9,18H,10H2,1H3,(H2,16,17,19). The lowest BCUT2D eigenvalue weighted by molar-refractivity contribution is 0.251. The lowest BCUT2D eigenvalue weighted by atomic mass is 10.2. The van der Waals surface area contributed by atoms with Crippen molar-refractivity contribution in [2.24, 2.45) is 0 Å². The van der Waals surface area contributed by atoms with Crippen molar-refractivity contribution in [3.05, 3.63) is 54.1 Å². The Labute approximate surface area is 117 Å². The van der Waals surface area contributed by atoms with Crippen LogP contribution in [0.1, 0.15) is 5.56 Å². The number of aromatic hydroxyl groups is 1. The fourth-order valence-corrected chi connectivity index (χ4v) is 1.75. The molecule has 0 radical (unpaired) electrons. The first-order valence-corrected chi connectivity index (χ1v) is 6.15. The van der Waals surface area contributed by atoms with Gasteiger partial charge in [0.2, 0.25) is 0 Å². The molecule has 0 bridgehead atoms. The van der Waals surface area contributed by atoms with E-state index in [9.17, 15) is 9.90 Å². The average Bonchev–Trinajstić information content (AvgIpc) is 2.47. The van der Waals surface area contributed by atoms with Crippen molar-refractivity contribution < 1.29 is 14.6 Å². The molecule has 0 spiro atoms. The molecule has 0 aliphatic carbocycles. The van der Waals surface area contributed by atoms with E-state index in [1.54, 1.807) is 49.6 Å². The van der Waals surface area contributed by atoms with Gasteiger partial charge in [0.25, 0.3) is 0 Å². The number of phenolic OH excluding ortho intramolecular Hbond substituents is 1. The largest absolute Gasteiger partial charge is 0.508 e. The number of carbonyl (C=O) groups excluding carboxylic acids is 1. The third-order valence-corrected chi connectivity index (χ3v) is 2.79. The third-order valence-electron chi connectivity index (χ3n) is 2.79. The summed E-state index contributed by atoms with van der Waals surface area (Å²) in [4.78, 5) is 11.8. The number of hydrogen-bond acceptors (Lipinski definition) is 3. The number of hydrogen-bond donors (Lipinski definition) is 3. The summed E-state index contributed by atoms with van der Waals surface area (Å²) in [6.45, 7) is 0.244. The Morgan fingerprint density at radius 1 is 1.15 bits per heavy atom. The van der Waals surface area contributed by atoms with E-state index >= 15 is 0 Å². The molecule has 2 aromatic rings. The number of para-hydroxylation sites is 3. The van der Waals surface area contributed by atoms with Crippen molar-refractivity contribution in [3.8, 4) is 11.5 Å². The van der Waals surface area contributed by atoms with E-state index in [0.29, 0.717) is 17.0 Å². The van der Waals surface area contributed by atoms with Crippen LogP contribution in [-0.4, -0.2) is 18.2 Å². The van der Waals surface area contributed by atoms with Crippen LogP contribution in [0.5, 0.6) is 11.5 Å². The minimum atomic E-state index is -0.363. The fourth-order valence-electron chi connectivity index (χ4n) is 1.75. The minimum Gasteiger partial charge on any atom is -0.508 e. The Morgan fingerprint density at radius 2 is 1.85 bits per heavy atom. The summed E-state index contributed by atoms with van der Waals surface area (Å²) >= 11 is 0. The van der Waals surface area contributed by atoms with Crippen molar-refractivity contribution in [1.29, 1.82) is 0 Å². The number of urea groups is 1. The SMILES string of the molecule is COc1ccccc1NC(=O)NCc1ccccc1O. The molecule has 2 rings (SSSR count).